The van der Waals surface area contributed by atoms with Gasteiger partial charge in [-0.3, -0.25) is 4.98 Å². The van der Waals surface area contributed by atoms with E-state index >= 15 is 0 Å². The molecule has 0 saturated carbocycles. The zero-order chi connectivity index (χ0) is 17.2. The summed E-state index contributed by atoms with van der Waals surface area (Å²) in [6.07, 6.45) is 4.27. The molecular weight excluding hydrogens is 326 g/mol. The summed E-state index contributed by atoms with van der Waals surface area (Å²) >= 11 is 6.21. The number of aliphatic hydroxyl groups is 1. The lowest BCUT2D eigenvalue weighted by Crippen LogP contribution is -2.46. The van der Waals surface area contributed by atoms with E-state index in [1.807, 2.05) is 25.1 Å². The number of pyridine rings is 1. The molecule has 0 bridgehead atoms. The van der Waals surface area contributed by atoms with Crippen molar-refractivity contribution in [2.45, 2.75) is 25.4 Å². The van der Waals surface area contributed by atoms with Gasteiger partial charge in [0, 0.05) is 41.8 Å². The van der Waals surface area contributed by atoms with Crippen LogP contribution in [0.5, 0.6) is 0 Å². The molecule has 1 saturated heterocycles. The van der Waals surface area contributed by atoms with Gasteiger partial charge in [-0.15, -0.1) is 0 Å². The number of halogens is 1. The Balaban J connectivity index is 1.66. The summed E-state index contributed by atoms with van der Waals surface area (Å²) in [5, 5.41) is 14.4. The number of hydrogen-bond acceptors (Lipinski definition) is 3. The van der Waals surface area contributed by atoms with Gasteiger partial charge in [-0.2, -0.15) is 0 Å². The number of hydrogen-bond donors (Lipinski definition) is 2. The number of aryl methyl sites for hydroxylation is 1. The third-order valence-corrected chi connectivity index (χ3v) is 4.84. The van der Waals surface area contributed by atoms with Crippen LogP contribution in [0.15, 0.2) is 42.7 Å². The maximum Gasteiger partial charge on any atom is 0.321 e. The largest absolute Gasteiger partial charge is 0.385 e. The van der Waals surface area contributed by atoms with Gasteiger partial charge in [-0.25, -0.2) is 4.79 Å². The number of amides is 2. The second kappa shape index (κ2) is 6.79. The molecule has 0 atom stereocenters. The molecule has 1 fully saturated rings. The molecule has 0 spiro atoms. The number of piperidine rings is 1. The monoisotopic (exact) mass is 345 g/mol. The van der Waals surface area contributed by atoms with E-state index in [1.165, 1.54) is 0 Å². The first-order valence-electron chi connectivity index (χ1n) is 7.93. The average molecular weight is 346 g/mol. The highest BCUT2D eigenvalue weighted by Gasteiger charge is 2.36. The quantitative estimate of drug-likeness (QED) is 0.874. The molecule has 1 aromatic carbocycles. The second-order valence-corrected chi connectivity index (χ2v) is 6.53. The maximum absolute atomic E-state index is 12.4. The molecule has 2 amide bonds. The fourth-order valence-corrected chi connectivity index (χ4v) is 3.31. The van der Waals surface area contributed by atoms with Crippen LogP contribution in [0.1, 0.15) is 24.0 Å². The van der Waals surface area contributed by atoms with Gasteiger partial charge in [0.1, 0.15) is 0 Å². The van der Waals surface area contributed by atoms with E-state index in [0.717, 1.165) is 16.8 Å². The van der Waals surface area contributed by atoms with Crippen molar-refractivity contribution in [1.82, 2.24) is 9.88 Å². The van der Waals surface area contributed by atoms with Gasteiger partial charge < -0.3 is 15.3 Å². The Morgan fingerprint density at radius 1 is 1.29 bits per heavy atom. The maximum atomic E-state index is 12.4. The van der Waals surface area contributed by atoms with Crippen molar-refractivity contribution in [3.05, 3.63) is 58.9 Å². The summed E-state index contributed by atoms with van der Waals surface area (Å²) in [4.78, 5) is 18.1. The van der Waals surface area contributed by atoms with Gasteiger partial charge in [0.05, 0.1) is 5.60 Å². The molecule has 1 aromatic heterocycles. The van der Waals surface area contributed by atoms with Crippen LogP contribution in [0.25, 0.3) is 0 Å². The predicted octanol–water partition coefficient (Wildman–Crippen LogP) is 3.56. The van der Waals surface area contributed by atoms with E-state index in [0.29, 0.717) is 31.0 Å². The minimum absolute atomic E-state index is 0.162. The first-order valence-corrected chi connectivity index (χ1v) is 8.31. The molecule has 1 aliphatic rings. The molecule has 1 aliphatic heterocycles. The molecule has 5 nitrogen and oxygen atoms in total. The Morgan fingerprint density at radius 2 is 2.00 bits per heavy atom. The zero-order valence-electron chi connectivity index (χ0n) is 13.5. The van der Waals surface area contributed by atoms with Crippen LogP contribution in [0.2, 0.25) is 5.02 Å². The lowest BCUT2D eigenvalue weighted by molar-refractivity contribution is -0.0156. The van der Waals surface area contributed by atoms with Gasteiger partial charge in [-0.1, -0.05) is 29.8 Å². The lowest BCUT2D eigenvalue weighted by atomic mass is 9.84. The van der Waals surface area contributed by atoms with Crippen LogP contribution in [-0.4, -0.2) is 34.1 Å². The summed E-state index contributed by atoms with van der Waals surface area (Å²) in [5.74, 6) is 0. The minimum atomic E-state index is -0.984. The number of aromatic nitrogens is 1. The van der Waals surface area contributed by atoms with Crippen molar-refractivity contribution in [3.63, 3.8) is 0 Å². The summed E-state index contributed by atoms with van der Waals surface area (Å²) in [5.41, 5.74) is 1.41. The third-order valence-electron chi connectivity index (χ3n) is 4.51. The predicted molar refractivity (Wildman–Crippen MR) is 94.1 cm³/mol. The first-order chi connectivity index (χ1) is 11.5. The number of carbonyl (C=O) groups excluding carboxylic acids is 1. The summed E-state index contributed by atoms with van der Waals surface area (Å²) in [6, 6.07) is 8.94. The summed E-state index contributed by atoms with van der Waals surface area (Å²) in [6.45, 7) is 2.84. The van der Waals surface area contributed by atoms with Crippen LogP contribution in [-0.2, 0) is 5.60 Å². The Hall–Kier alpha value is -2.11. The molecule has 2 heterocycles. The molecule has 6 heteroatoms. The summed E-state index contributed by atoms with van der Waals surface area (Å²) < 4.78 is 0. The molecule has 126 valence electrons. The van der Waals surface area contributed by atoms with Gasteiger partial charge in [0.25, 0.3) is 0 Å². The molecular formula is C18H20ClN3O2. The number of urea groups is 1. The van der Waals surface area contributed by atoms with E-state index < -0.39 is 5.60 Å². The fourth-order valence-electron chi connectivity index (χ4n) is 3.00. The smallest absolute Gasteiger partial charge is 0.321 e. The standard InChI is InChI=1S/C18H20ClN3O2/c1-13-12-20-9-6-16(13)21-17(23)22-10-7-18(24,8-11-22)14-4-2-3-5-15(14)19/h2-6,9,12,24H,7-8,10-11H2,1H3,(H,20,21,23). The highest BCUT2D eigenvalue weighted by Crippen LogP contribution is 2.36. The van der Waals surface area contributed by atoms with Crippen LogP contribution in [0.4, 0.5) is 10.5 Å². The number of rotatable bonds is 2. The van der Waals surface area contributed by atoms with E-state index in [9.17, 15) is 9.90 Å². The number of nitrogens with one attached hydrogen (secondary N) is 1. The lowest BCUT2D eigenvalue weighted by Gasteiger charge is -2.38. The van der Waals surface area contributed by atoms with Gasteiger partial charge in [0.15, 0.2) is 0 Å². The Kier molecular flexibility index (Phi) is 4.73. The molecule has 24 heavy (non-hydrogen) atoms. The van der Waals surface area contributed by atoms with Crippen molar-refractivity contribution in [2.24, 2.45) is 0 Å². The van der Waals surface area contributed by atoms with Crippen LogP contribution >= 0.6 is 11.6 Å². The van der Waals surface area contributed by atoms with Crippen molar-refractivity contribution in [1.29, 1.82) is 0 Å². The molecule has 3 rings (SSSR count). The van der Waals surface area contributed by atoms with Crippen LogP contribution < -0.4 is 5.32 Å². The van der Waals surface area contributed by atoms with E-state index in [-0.39, 0.29) is 6.03 Å². The third kappa shape index (κ3) is 3.37. The van der Waals surface area contributed by atoms with Crippen LogP contribution in [0.3, 0.4) is 0 Å². The van der Waals surface area contributed by atoms with Crippen LogP contribution in [0, 0.1) is 6.92 Å². The van der Waals surface area contributed by atoms with Gasteiger partial charge in [0.2, 0.25) is 0 Å². The van der Waals surface area contributed by atoms with E-state index in [4.69, 9.17) is 11.6 Å². The van der Waals surface area contributed by atoms with Crippen molar-refractivity contribution < 1.29 is 9.90 Å². The SMILES string of the molecule is Cc1cnccc1NC(=O)N1CCC(O)(c2ccccc2Cl)CC1. The van der Waals surface area contributed by atoms with Gasteiger partial charge >= 0.3 is 6.03 Å². The van der Waals surface area contributed by atoms with Crippen molar-refractivity contribution in [3.8, 4) is 0 Å². The molecule has 2 aromatic rings. The Morgan fingerprint density at radius 3 is 2.67 bits per heavy atom. The number of nitrogens with zero attached hydrogens (tertiary/aromatic N) is 2. The normalized spacial score (nSPS) is 16.7. The molecule has 2 N–H and O–H groups in total. The van der Waals surface area contributed by atoms with E-state index in [1.54, 1.807) is 29.4 Å². The minimum Gasteiger partial charge on any atom is -0.385 e. The molecule has 0 unspecified atom stereocenters. The summed E-state index contributed by atoms with van der Waals surface area (Å²) in [7, 11) is 0. The molecule has 0 aliphatic carbocycles. The Bertz CT molecular complexity index is 743. The fraction of sp³-hybridized carbons (Fsp3) is 0.333. The average Bonchev–Trinajstić information content (AvgIpc) is 2.58. The van der Waals surface area contributed by atoms with Gasteiger partial charge in [-0.05, 0) is 37.5 Å². The highest BCUT2D eigenvalue weighted by atomic mass is 35.5. The Labute approximate surface area is 146 Å². The number of carbonyl (C=O) groups is 1. The first kappa shape index (κ1) is 16.7. The highest BCUT2D eigenvalue weighted by molar-refractivity contribution is 6.31. The number of benzene rings is 1. The van der Waals surface area contributed by atoms with Crippen molar-refractivity contribution >= 4 is 23.3 Å². The van der Waals surface area contributed by atoms with Crippen molar-refractivity contribution in [2.75, 3.05) is 18.4 Å². The number of likely N-dealkylation sites (tertiary alicyclic amines) is 1. The second-order valence-electron chi connectivity index (χ2n) is 6.12. The number of anilines is 1. The topological polar surface area (TPSA) is 65.5 Å². The molecule has 0 radical (unpaired) electrons. The van der Waals surface area contributed by atoms with E-state index in [2.05, 4.69) is 10.3 Å². The zero-order valence-corrected chi connectivity index (χ0v) is 14.3.